The molecule has 1 amide bonds. The van der Waals surface area contributed by atoms with E-state index in [2.05, 4.69) is 17.5 Å². The summed E-state index contributed by atoms with van der Waals surface area (Å²) in [6.45, 7) is 0.617. The van der Waals surface area contributed by atoms with Gasteiger partial charge in [0.25, 0.3) is 0 Å². The van der Waals surface area contributed by atoms with Crippen LogP contribution in [0.5, 0.6) is 0 Å². The molecule has 132 valence electrons. The first-order valence-electron chi connectivity index (χ1n) is 8.61. The van der Waals surface area contributed by atoms with E-state index >= 15 is 0 Å². The first-order chi connectivity index (χ1) is 13.2. The van der Waals surface area contributed by atoms with Gasteiger partial charge >= 0.3 is 0 Å². The smallest absolute Gasteiger partial charge is 0.248 e. The van der Waals surface area contributed by atoms with Crippen molar-refractivity contribution in [2.45, 2.75) is 19.4 Å². The third-order valence-electron chi connectivity index (χ3n) is 4.20. The number of amides is 1. The van der Waals surface area contributed by atoms with Crippen LogP contribution >= 0.6 is 0 Å². The number of aryl methyl sites for hydroxylation is 1. The van der Waals surface area contributed by atoms with Crippen molar-refractivity contribution in [1.29, 1.82) is 10.5 Å². The number of hydrogen-bond donors (Lipinski definition) is 1. The molecule has 1 aromatic heterocycles. The minimum atomic E-state index is -0.225. The number of aromatic nitrogens is 1. The number of fused-ring (bicyclic) bond motifs is 1. The van der Waals surface area contributed by atoms with E-state index in [1.165, 1.54) is 6.08 Å². The van der Waals surface area contributed by atoms with E-state index in [-0.39, 0.29) is 5.91 Å². The lowest BCUT2D eigenvalue weighted by Crippen LogP contribution is -2.07. The van der Waals surface area contributed by atoms with Gasteiger partial charge in [0.05, 0.1) is 25.0 Å². The Kier molecular flexibility index (Phi) is 5.67. The van der Waals surface area contributed by atoms with E-state index in [4.69, 9.17) is 10.5 Å². The SMILES string of the molecule is N#CCCn1cc(/C=C/C(=O)Nc2ccc(CC#N)cc2)c2ccccc21. The van der Waals surface area contributed by atoms with Crippen molar-refractivity contribution >= 4 is 28.6 Å². The topological polar surface area (TPSA) is 81.6 Å². The van der Waals surface area contributed by atoms with Crippen molar-refractivity contribution in [2.24, 2.45) is 0 Å². The maximum atomic E-state index is 12.2. The molecule has 5 heteroatoms. The van der Waals surface area contributed by atoms with Crippen LogP contribution in [0.25, 0.3) is 17.0 Å². The number of hydrogen-bond acceptors (Lipinski definition) is 3. The molecule has 5 nitrogen and oxygen atoms in total. The van der Waals surface area contributed by atoms with Crippen LogP contribution in [-0.2, 0) is 17.8 Å². The van der Waals surface area contributed by atoms with Gasteiger partial charge in [-0.15, -0.1) is 0 Å². The lowest BCUT2D eigenvalue weighted by Gasteiger charge is -2.02. The van der Waals surface area contributed by atoms with Crippen molar-refractivity contribution in [3.05, 3.63) is 71.9 Å². The summed E-state index contributed by atoms with van der Waals surface area (Å²) in [5.41, 5.74) is 3.57. The average molecular weight is 354 g/mol. The molecule has 0 aliphatic rings. The summed E-state index contributed by atoms with van der Waals surface area (Å²) < 4.78 is 2.03. The molecule has 1 N–H and O–H groups in total. The molecule has 0 bridgehead atoms. The third kappa shape index (κ3) is 4.42. The number of para-hydroxylation sites is 1. The highest BCUT2D eigenvalue weighted by Crippen LogP contribution is 2.23. The standard InChI is InChI=1S/C22H18N4O/c23-13-3-15-26-16-18(20-4-1-2-5-21(20)26)8-11-22(27)25-19-9-6-17(7-10-19)12-14-24/h1-2,4-11,16H,3,12,15H2,(H,25,27)/b11-8+. The average Bonchev–Trinajstić information content (AvgIpc) is 3.04. The van der Waals surface area contributed by atoms with Crippen LogP contribution < -0.4 is 5.32 Å². The molecule has 27 heavy (non-hydrogen) atoms. The van der Waals surface area contributed by atoms with Crippen LogP contribution in [-0.4, -0.2) is 10.5 Å². The molecule has 0 unspecified atom stereocenters. The fourth-order valence-electron chi connectivity index (χ4n) is 2.91. The first-order valence-corrected chi connectivity index (χ1v) is 8.61. The summed E-state index contributed by atoms with van der Waals surface area (Å²) in [6, 6.07) is 19.4. The Hall–Kier alpha value is -3.83. The number of carbonyl (C=O) groups excluding carboxylic acids is 1. The van der Waals surface area contributed by atoms with Crippen molar-refractivity contribution in [3.8, 4) is 12.1 Å². The minimum Gasteiger partial charge on any atom is -0.346 e. The van der Waals surface area contributed by atoms with Gasteiger partial charge in [0.2, 0.25) is 5.91 Å². The number of nitrogens with one attached hydrogen (secondary N) is 1. The fourth-order valence-corrected chi connectivity index (χ4v) is 2.91. The molecular weight excluding hydrogens is 336 g/mol. The van der Waals surface area contributed by atoms with Gasteiger partial charge < -0.3 is 9.88 Å². The summed E-state index contributed by atoms with van der Waals surface area (Å²) in [4.78, 5) is 12.2. The largest absolute Gasteiger partial charge is 0.346 e. The lowest BCUT2D eigenvalue weighted by atomic mass is 10.1. The van der Waals surface area contributed by atoms with Crippen LogP contribution in [0.3, 0.4) is 0 Å². The van der Waals surface area contributed by atoms with Crippen LogP contribution in [0.15, 0.2) is 60.8 Å². The number of rotatable bonds is 6. The molecule has 0 saturated heterocycles. The Morgan fingerprint density at radius 1 is 1.07 bits per heavy atom. The van der Waals surface area contributed by atoms with E-state index in [0.717, 1.165) is 22.0 Å². The second-order valence-electron chi connectivity index (χ2n) is 6.06. The van der Waals surface area contributed by atoms with Crippen molar-refractivity contribution in [1.82, 2.24) is 4.57 Å². The van der Waals surface area contributed by atoms with E-state index in [1.807, 2.05) is 47.2 Å². The maximum Gasteiger partial charge on any atom is 0.248 e. The second kappa shape index (κ2) is 8.51. The van der Waals surface area contributed by atoms with Crippen LogP contribution in [0, 0.1) is 22.7 Å². The Morgan fingerprint density at radius 2 is 1.85 bits per heavy atom. The summed E-state index contributed by atoms with van der Waals surface area (Å²) in [5, 5.41) is 21.4. The van der Waals surface area contributed by atoms with E-state index in [9.17, 15) is 4.79 Å². The Bertz CT molecular complexity index is 1060. The summed E-state index contributed by atoms with van der Waals surface area (Å²) in [7, 11) is 0. The number of nitriles is 2. The number of carbonyl (C=O) groups is 1. The fraction of sp³-hybridized carbons (Fsp3) is 0.136. The number of nitrogens with zero attached hydrogens (tertiary/aromatic N) is 3. The van der Waals surface area contributed by atoms with Crippen molar-refractivity contribution < 1.29 is 4.79 Å². The number of benzene rings is 2. The van der Waals surface area contributed by atoms with Gasteiger partial charge in [0, 0.05) is 41.0 Å². The highest BCUT2D eigenvalue weighted by molar-refractivity contribution is 6.03. The van der Waals surface area contributed by atoms with Gasteiger partial charge in [0.15, 0.2) is 0 Å². The highest BCUT2D eigenvalue weighted by Gasteiger charge is 2.06. The van der Waals surface area contributed by atoms with Gasteiger partial charge in [0.1, 0.15) is 0 Å². The van der Waals surface area contributed by atoms with Crippen molar-refractivity contribution in [2.75, 3.05) is 5.32 Å². The molecule has 0 fully saturated rings. The van der Waals surface area contributed by atoms with E-state index < -0.39 is 0 Å². The predicted molar refractivity (Wildman–Crippen MR) is 106 cm³/mol. The van der Waals surface area contributed by atoms with Gasteiger partial charge in [-0.3, -0.25) is 4.79 Å². The molecule has 0 aliphatic carbocycles. The highest BCUT2D eigenvalue weighted by atomic mass is 16.1. The molecule has 1 heterocycles. The molecule has 0 atom stereocenters. The summed E-state index contributed by atoms with van der Waals surface area (Å²) in [5.74, 6) is -0.225. The Morgan fingerprint density at radius 3 is 2.59 bits per heavy atom. The molecule has 3 rings (SSSR count). The zero-order chi connectivity index (χ0) is 19.1. The summed E-state index contributed by atoms with van der Waals surface area (Å²) >= 11 is 0. The van der Waals surface area contributed by atoms with E-state index in [1.54, 1.807) is 18.2 Å². The van der Waals surface area contributed by atoms with Gasteiger partial charge in [-0.1, -0.05) is 30.3 Å². The van der Waals surface area contributed by atoms with Gasteiger partial charge in [-0.25, -0.2) is 0 Å². The lowest BCUT2D eigenvalue weighted by molar-refractivity contribution is -0.111. The predicted octanol–water partition coefficient (Wildman–Crippen LogP) is 4.27. The normalized spacial score (nSPS) is 10.6. The summed E-state index contributed by atoms with van der Waals surface area (Å²) in [6.07, 6.45) is 6.03. The molecule has 0 radical (unpaired) electrons. The monoisotopic (exact) mass is 354 g/mol. The van der Waals surface area contributed by atoms with Crippen molar-refractivity contribution in [3.63, 3.8) is 0 Å². The van der Waals surface area contributed by atoms with Crippen LogP contribution in [0.2, 0.25) is 0 Å². The maximum absolute atomic E-state index is 12.2. The third-order valence-corrected chi connectivity index (χ3v) is 4.20. The Balaban J connectivity index is 1.74. The molecule has 2 aromatic carbocycles. The quantitative estimate of drug-likeness (QED) is 0.671. The molecule has 3 aromatic rings. The zero-order valence-electron chi connectivity index (χ0n) is 14.7. The Labute approximate surface area is 157 Å². The second-order valence-corrected chi connectivity index (χ2v) is 6.06. The van der Waals surface area contributed by atoms with Gasteiger partial charge in [-0.2, -0.15) is 10.5 Å². The molecule has 0 spiro atoms. The van der Waals surface area contributed by atoms with Crippen LogP contribution in [0.4, 0.5) is 5.69 Å². The molecule has 0 saturated carbocycles. The molecular formula is C22H18N4O. The van der Waals surface area contributed by atoms with Crippen LogP contribution in [0.1, 0.15) is 17.5 Å². The molecule has 0 aliphatic heterocycles. The van der Waals surface area contributed by atoms with E-state index in [0.29, 0.717) is 25.1 Å². The number of anilines is 1. The minimum absolute atomic E-state index is 0.225. The first kappa shape index (κ1) is 18.0. The zero-order valence-corrected chi connectivity index (χ0v) is 14.7. The van der Waals surface area contributed by atoms with Gasteiger partial charge in [-0.05, 0) is 29.8 Å².